The molecule has 1 heterocycles. The second kappa shape index (κ2) is 12.2. The summed E-state index contributed by atoms with van der Waals surface area (Å²) < 4.78 is 11.9. The molecule has 142 valence electrons. The predicted octanol–water partition coefficient (Wildman–Crippen LogP) is 5.46. The van der Waals surface area contributed by atoms with E-state index >= 15 is 0 Å². The van der Waals surface area contributed by atoms with Crippen molar-refractivity contribution in [1.29, 1.82) is 0 Å². The van der Waals surface area contributed by atoms with Crippen LogP contribution >= 0.6 is 0 Å². The van der Waals surface area contributed by atoms with Crippen LogP contribution < -0.4 is 9.47 Å². The highest BCUT2D eigenvalue weighted by molar-refractivity contribution is 5.65. The van der Waals surface area contributed by atoms with Crippen molar-refractivity contribution < 1.29 is 9.47 Å². The van der Waals surface area contributed by atoms with Gasteiger partial charge in [-0.1, -0.05) is 52.4 Å². The predicted molar refractivity (Wildman–Crippen MR) is 105 cm³/mol. The third-order valence-corrected chi connectivity index (χ3v) is 4.21. The molecule has 0 aliphatic carbocycles. The standard InChI is InChI=1S/C21H31N3O2/c1-3-5-7-9-13-25-18-11-12-19(21-23-16-22-17-24-21)20(15-18)26-14-10-8-6-4-2/h11-12,15-17H,3-10,13-14H2,1-2H3. The number of aromatic nitrogens is 3. The van der Waals surface area contributed by atoms with Crippen LogP contribution in [0.25, 0.3) is 11.4 Å². The van der Waals surface area contributed by atoms with Crippen LogP contribution in [-0.2, 0) is 0 Å². The SMILES string of the molecule is CCCCCCOc1ccc(-c2ncncn2)c(OCCCCCC)c1. The quantitative estimate of drug-likeness (QED) is 0.446. The van der Waals surface area contributed by atoms with Crippen molar-refractivity contribution >= 4 is 0 Å². The largest absolute Gasteiger partial charge is 0.493 e. The van der Waals surface area contributed by atoms with Gasteiger partial charge in [-0.25, -0.2) is 15.0 Å². The van der Waals surface area contributed by atoms with Crippen LogP contribution in [0.1, 0.15) is 65.2 Å². The van der Waals surface area contributed by atoms with Crippen molar-refractivity contribution in [2.45, 2.75) is 65.2 Å². The van der Waals surface area contributed by atoms with E-state index in [-0.39, 0.29) is 0 Å². The van der Waals surface area contributed by atoms with E-state index in [1.54, 1.807) is 0 Å². The van der Waals surface area contributed by atoms with Gasteiger partial charge in [-0.05, 0) is 25.0 Å². The number of benzene rings is 1. The summed E-state index contributed by atoms with van der Waals surface area (Å²) in [4.78, 5) is 12.4. The first kappa shape index (κ1) is 20.1. The zero-order valence-electron chi connectivity index (χ0n) is 16.1. The number of ether oxygens (including phenoxy) is 2. The van der Waals surface area contributed by atoms with Crippen molar-refractivity contribution in [1.82, 2.24) is 15.0 Å². The van der Waals surface area contributed by atoms with Gasteiger partial charge in [0.25, 0.3) is 0 Å². The summed E-state index contributed by atoms with van der Waals surface area (Å²) in [6.07, 6.45) is 12.5. The summed E-state index contributed by atoms with van der Waals surface area (Å²) in [6, 6.07) is 5.89. The second-order valence-electron chi connectivity index (χ2n) is 6.44. The Hall–Kier alpha value is -2.17. The Labute approximate surface area is 157 Å². The smallest absolute Gasteiger partial charge is 0.166 e. The first-order chi connectivity index (χ1) is 12.8. The highest BCUT2D eigenvalue weighted by Crippen LogP contribution is 2.31. The van der Waals surface area contributed by atoms with Gasteiger partial charge in [0, 0.05) is 6.07 Å². The summed E-state index contributed by atoms with van der Waals surface area (Å²) in [6.45, 7) is 5.85. The van der Waals surface area contributed by atoms with E-state index in [0.29, 0.717) is 12.4 Å². The maximum atomic E-state index is 6.04. The van der Waals surface area contributed by atoms with Crippen LogP contribution in [0.3, 0.4) is 0 Å². The van der Waals surface area contributed by atoms with Crippen molar-refractivity contribution in [3.05, 3.63) is 30.9 Å². The van der Waals surface area contributed by atoms with E-state index in [9.17, 15) is 0 Å². The summed E-state index contributed by atoms with van der Waals surface area (Å²) >= 11 is 0. The van der Waals surface area contributed by atoms with Gasteiger partial charge in [0.05, 0.1) is 18.8 Å². The molecule has 0 N–H and O–H groups in total. The molecular weight excluding hydrogens is 326 g/mol. The zero-order chi connectivity index (χ0) is 18.5. The van der Waals surface area contributed by atoms with Gasteiger partial charge >= 0.3 is 0 Å². The van der Waals surface area contributed by atoms with E-state index in [2.05, 4.69) is 28.8 Å². The Balaban J connectivity index is 2.01. The van der Waals surface area contributed by atoms with Gasteiger partial charge < -0.3 is 9.47 Å². The van der Waals surface area contributed by atoms with Gasteiger partial charge in [0.15, 0.2) is 5.82 Å². The molecule has 0 aliphatic heterocycles. The molecule has 0 bridgehead atoms. The maximum absolute atomic E-state index is 6.04. The molecule has 0 spiro atoms. The van der Waals surface area contributed by atoms with Crippen molar-refractivity contribution in [2.24, 2.45) is 0 Å². The Morgan fingerprint density at radius 3 is 2.08 bits per heavy atom. The minimum Gasteiger partial charge on any atom is -0.493 e. The van der Waals surface area contributed by atoms with Gasteiger partial charge in [0.2, 0.25) is 0 Å². The maximum Gasteiger partial charge on any atom is 0.166 e. The number of hydrogen-bond donors (Lipinski definition) is 0. The lowest BCUT2D eigenvalue weighted by Crippen LogP contribution is -2.02. The molecule has 26 heavy (non-hydrogen) atoms. The van der Waals surface area contributed by atoms with E-state index in [1.807, 2.05) is 18.2 Å². The highest BCUT2D eigenvalue weighted by Gasteiger charge is 2.11. The van der Waals surface area contributed by atoms with Gasteiger partial charge in [-0.15, -0.1) is 0 Å². The van der Waals surface area contributed by atoms with Crippen LogP contribution in [0.4, 0.5) is 0 Å². The van der Waals surface area contributed by atoms with Crippen LogP contribution in [0, 0.1) is 0 Å². The first-order valence-corrected chi connectivity index (χ1v) is 9.87. The van der Waals surface area contributed by atoms with Crippen LogP contribution in [0.2, 0.25) is 0 Å². The molecule has 0 amide bonds. The van der Waals surface area contributed by atoms with E-state index in [1.165, 1.54) is 51.2 Å². The van der Waals surface area contributed by atoms with E-state index < -0.39 is 0 Å². The molecular formula is C21H31N3O2. The third-order valence-electron chi connectivity index (χ3n) is 4.21. The Morgan fingerprint density at radius 2 is 1.42 bits per heavy atom. The summed E-state index contributed by atoms with van der Waals surface area (Å²) in [7, 11) is 0. The first-order valence-electron chi connectivity index (χ1n) is 9.87. The third kappa shape index (κ3) is 6.98. The van der Waals surface area contributed by atoms with Crippen LogP contribution in [0.5, 0.6) is 11.5 Å². The molecule has 0 fully saturated rings. The Kier molecular flexibility index (Phi) is 9.47. The van der Waals surface area contributed by atoms with Crippen molar-refractivity contribution in [3.63, 3.8) is 0 Å². The average molecular weight is 357 g/mol. The summed E-state index contributed by atoms with van der Waals surface area (Å²) in [5.41, 5.74) is 0.876. The molecule has 2 rings (SSSR count). The normalized spacial score (nSPS) is 10.7. The molecule has 5 nitrogen and oxygen atoms in total. The molecule has 1 aromatic heterocycles. The lowest BCUT2D eigenvalue weighted by atomic mass is 10.1. The molecule has 0 unspecified atom stereocenters. The van der Waals surface area contributed by atoms with E-state index in [4.69, 9.17) is 9.47 Å². The monoisotopic (exact) mass is 357 g/mol. The summed E-state index contributed by atoms with van der Waals surface area (Å²) in [5, 5.41) is 0. The van der Waals surface area contributed by atoms with Crippen molar-refractivity contribution in [3.8, 4) is 22.9 Å². The molecule has 0 aliphatic rings. The fourth-order valence-electron chi connectivity index (χ4n) is 2.70. The highest BCUT2D eigenvalue weighted by atomic mass is 16.5. The average Bonchev–Trinajstić information content (AvgIpc) is 2.68. The minimum absolute atomic E-state index is 0.623. The second-order valence-corrected chi connectivity index (χ2v) is 6.44. The van der Waals surface area contributed by atoms with Crippen molar-refractivity contribution in [2.75, 3.05) is 13.2 Å². The molecule has 0 atom stereocenters. The summed E-state index contributed by atoms with van der Waals surface area (Å²) in [5.74, 6) is 2.24. The Morgan fingerprint density at radius 1 is 0.769 bits per heavy atom. The van der Waals surface area contributed by atoms with Crippen LogP contribution in [0.15, 0.2) is 30.9 Å². The molecule has 0 saturated carbocycles. The zero-order valence-corrected chi connectivity index (χ0v) is 16.1. The number of nitrogens with zero attached hydrogens (tertiary/aromatic N) is 3. The molecule has 2 aromatic rings. The topological polar surface area (TPSA) is 57.1 Å². The fraction of sp³-hybridized carbons (Fsp3) is 0.571. The molecule has 0 saturated heterocycles. The van der Waals surface area contributed by atoms with Gasteiger partial charge in [-0.2, -0.15) is 0 Å². The number of hydrogen-bond acceptors (Lipinski definition) is 5. The fourth-order valence-corrected chi connectivity index (χ4v) is 2.70. The van der Waals surface area contributed by atoms with Crippen LogP contribution in [-0.4, -0.2) is 28.2 Å². The Bertz CT molecular complexity index is 620. The number of unbranched alkanes of at least 4 members (excludes halogenated alkanes) is 6. The van der Waals surface area contributed by atoms with Gasteiger partial charge in [0.1, 0.15) is 24.2 Å². The minimum atomic E-state index is 0.623. The van der Waals surface area contributed by atoms with E-state index in [0.717, 1.165) is 36.5 Å². The molecule has 0 radical (unpaired) electrons. The molecule has 1 aromatic carbocycles. The lowest BCUT2D eigenvalue weighted by Gasteiger charge is -2.13. The van der Waals surface area contributed by atoms with Gasteiger partial charge in [-0.3, -0.25) is 0 Å². The molecule has 5 heteroatoms. The lowest BCUT2D eigenvalue weighted by molar-refractivity contribution is 0.291. The number of rotatable bonds is 13.